The minimum atomic E-state index is -1.91. The van der Waals surface area contributed by atoms with Crippen LogP contribution < -0.4 is 64.1 Å². The maximum atomic E-state index is 16.2. The molecule has 29 nitrogen and oxygen atoms in total. The summed E-state index contributed by atoms with van der Waals surface area (Å²) in [6.45, 7) is 4.37. The number of amides is 12. The monoisotopic (exact) mass is 1460 g/mol. The Labute approximate surface area is 602 Å². The highest BCUT2D eigenvalue weighted by Gasteiger charge is 2.50. The summed E-state index contributed by atoms with van der Waals surface area (Å²) in [5.74, 6) is -11.9. The van der Waals surface area contributed by atoms with Crippen molar-refractivity contribution in [3.05, 3.63) is 137 Å². The van der Waals surface area contributed by atoms with Crippen LogP contribution in [0.4, 0.5) is 13.2 Å². The second kappa shape index (κ2) is 35.1. The largest absolute Gasteiger partial charge is 0.497 e. The molecule has 2 aromatic heterocycles. The van der Waals surface area contributed by atoms with Crippen molar-refractivity contribution in [3.63, 3.8) is 0 Å². The van der Waals surface area contributed by atoms with E-state index in [1.54, 1.807) is 54.7 Å². The summed E-state index contributed by atoms with van der Waals surface area (Å²) in [4.78, 5) is 181. The number of aliphatic hydroxyl groups excluding tert-OH is 1. The fourth-order valence-corrected chi connectivity index (χ4v) is 13.5. The number of nitrogens with two attached hydrogens (primary N) is 2. The first-order chi connectivity index (χ1) is 50.0. The summed E-state index contributed by atoms with van der Waals surface area (Å²) in [6, 6.07) is 6.37. The number of carbonyl (C=O) groups excluding carboxylic acids is 12. The maximum Gasteiger partial charge on any atom is 0.246 e. The Morgan fingerprint density at radius 1 is 0.695 bits per heavy atom. The number of carbonyl (C=O) groups is 12. The quantitative estimate of drug-likeness (QED) is 0.0501. The van der Waals surface area contributed by atoms with Gasteiger partial charge in [-0.3, -0.25) is 57.5 Å². The Balaban J connectivity index is 1.08. The molecule has 4 aliphatic heterocycles. The van der Waals surface area contributed by atoms with E-state index in [4.69, 9.17) is 16.2 Å². The summed E-state index contributed by atoms with van der Waals surface area (Å²) in [5.41, 5.74) is 13.2. The van der Waals surface area contributed by atoms with Gasteiger partial charge in [-0.05, 0) is 149 Å². The lowest BCUT2D eigenvalue weighted by atomic mass is 9.94. The topological polar surface area (TPSA) is 433 Å². The van der Waals surface area contributed by atoms with E-state index in [0.29, 0.717) is 50.8 Å². The zero-order valence-corrected chi connectivity index (χ0v) is 58.8. The number of aryl methyl sites for hydroxylation is 1. The second-order valence-electron chi connectivity index (χ2n) is 27.2. The van der Waals surface area contributed by atoms with E-state index < -0.39 is 181 Å². The first kappa shape index (κ1) is 78.3. The number of aromatic amines is 2. The minimum absolute atomic E-state index is 0.0143. The Morgan fingerprint density at radius 2 is 1.30 bits per heavy atom. The number of rotatable bonds is 15. The molecule has 105 heavy (non-hydrogen) atoms. The number of primary amides is 1. The van der Waals surface area contributed by atoms with Gasteiger partial charge in [-0.2, -0.15) is 0 Å². The molecule has 10 rings (SSSR count). The zero-order chi connectivity index (χ0) is 76.0. The molecule has 6 aromatic rings. The Bertz CT molecular complexity index is 4210. The lowest BCUT2D eigenvalue weighted by Gasteiger charge is -2.37. The van der Waals surface area contributed by atoms with E-state index in [2.05, 4.69) is 57.8 Å². The summed E-state index contributed by atoms with van der Waals surface area (Å²) >= 11 is 0. The Kier molecular flexibility index (Phi) is 26.1. The number of H-pyrrole nitrogens is 2. The van der Waals surface area contributed by atoms with E-state index in [9.17, 15) is 52.6 Å². The summed E-state index contributed by atoms with van der Waals surface area (Å²) < 4.78 is 51.3. The lowest BCUT2D eigenvalue weighted by Crippen LogP contribution is -2.64. The number of aromatic nitrogens is 2. The number of nitrogens with zero attached hydrogens (tertiary/aromatic N) is 2. The molecule has 32 heteroatoms. The van der Waals surface area contributed by atoms with Crippen molar-refractivity contribution in [2.24, 2.45) is 11.5 Å². The van der Waals surface area contributed by atoms with Crippen LogP contribution in [0.3, 0.4) is 0 Å². The molecule has 0 spiro atoms. The third-order valence-electron chi connectivity index (χ3n) is 19.4. The highest BCUT2D eigenvalue weighted by molar-refractivity contribution is 6.01. The number of nitrogens with one attached hydrogen (secondary N) is 11. The Morgan fingerprint density at radius 3 is 1.93 bits per heavy atom. The van der Waals surface area contributed by atoms with Crippen molar-refractivity contribution in [2.45, 2.75) is 183 Å². The van der Waals surface area contributed by atoms with Crippen LogP contribution in [0, 0.1) is 11.6 Å². The van der Waals surface area contributed by atoms with Gasteiger partial charge < -0.3 is 88.9 Å². The van der Waals surface area contributed by atoms with Crippen molar-refractivity contribution in [2.75, 3.05) is 26.7 Å². The number of alkyl halides is 1. The van der Waals surface area contributed by atoms with Crippen LogP contribution in [0.5, 0.6) is 5.75 Å². The lowest BCUT2D eigenvalue weighted by molar-refractivity contribution is -0.147. The van der Waals surface area contributed by atoms with Gasteiger partial charge in [0.25, 0.3) is 0 Å². The number of halogens is 3. The molecule has 2 bridgehead atoms. The molecule has 4 aromatic carbocycles. The van der Waals surface area contributed by atoms with Crippen LogP contribution in [0.25, 0.3) is 21.8 Å². The van der Waals surface area contributed by atoms with Crippen LogP contribution in [-0.4, -0.2) is 195 Å². The van der Waals surface area contributed by atoms with Crippen LogP contribution in [-0.2, 0) is 89.8 Å². The molecule has 12 amide bonds. The fourth-order valence-electron chi connectivity index (χ4n) is 13.5. The van der Waals surface area contributed by atoms with Crippen LogP contribution in [0.1, 0.15) is 107 Å². The second-order valence-corrected chi connectivity index (χ2v) is 27.2. The van der Waals surface area contributed by atoms with Gasteiger partial charge in [0.15, 0.2) is 0 Å². The average molecular weight is 1460 g/mol. The average Bonchev–Trinajstić information content (AvgIpc) is 1.68. The molecule has 12 atom stereocenters. The number of aliphatic hydroxyl groups is 1. The van der Waals surface area contributed by atoms with E-state index in [0.717, 1.165) is 18.7 Å². The molecule has 562 valence electrons. The minimum Gasteiger partial charge on any atom is -0.497 e. The van der Waals surface area contributed by atoms with Crippen LogP contribution in [0.15, 0.2) is 97.3 Å². The summed E-state index contributed by atoms with van der Waals surface area (Å²) in [5, 5.41) is 35.5. The molecular weight excluding hydrogens is 1370 g/mol. The van der Waals surface area contributed by atoms with Crippen LogP contribution >= 0.6 is 0 Å². The van der Waals surface area contributed by atoms with Gasteiger partial charge in [0.05, 0.1) is 26.2 Å². The van der Waals surface area contributed by atoms with E-state index in [-0.39, 0.29) is 82.0 Å². The number of fused-ring (bicyclic) bond motifs is 30. The first-order valence-corrected chi connectivity index (χ1v) is 34.8. The van der Waals surface area contributed by atoms with E-state index >= 15 is 23.2 Å². The van der Waals surface area contributed by atoms with Crippen molar-refractivity contribution >= 4 is 92.7 Å². The van der Waals surface area contributed by atoms with E-state index in [1.165, 1.54) is 68.5 Å². The third-order valence-corrected chi connectivity index (χ3v) is 19.4. The van der Waals surface area contributed by atoms with Crippen LogP contribution in [0.2, 0.25) is 0 Å². The molecule has 2 fully saturated rings. The third kappa shape index (κ3) is 19.9. The molecule has 0 radical (unpaired) electrons. The standard InChI is InChI=1S/C73H90F3N15O14/c1-38-64(96)84-55(21-16-44-35-79-52-22-17-46(74)30-50(44)52)66(98)86-59(29-45-36-80-53-23-18-47(75)31-51(45)53)70(102)90-37-48(76)32-60(90)68(100)89-62(39(2)92)69(101)87-58(28-42-14-19-49(105-5)20-15-42)71(103)91-26-8-24-73(91,4)72(104)88-56(63(78)95)27-41-10-12-43(13-11-41)34-81-61(94)33-57(83-40(3)93)67(99)85-54(65(97)82-38)9-6-7-25-77/h10-15,17-20,22-23,30-31,35-36,38-39,48,54-60,62,79-80,92H,6-9,16,21,24-29,32-34,37,77H2,1-5H3,(H2,78,95)(H,81,94)(H,82,97)(H,83,93)(H,84,96)(H,85,99)(H,86,98)(H,87,101)(H,88,104)(H,89,100)/t38-,39-,48+,54+,55+,56+,57+,58+,59+,60+,62+,73+/m1/s1. The molecule has 16 N–H and O–H groups in total. The molecule has 0 saturated carbocycles. The molecule has 0 aliphatic carbocycles. The van der Waals surface area contributed by atoms with Gasteiger partial charge in [0.1, 0.15) is 83.5 Å². The predicted octanol–water partition coefficient (Wildman–Crippen LogP) is 0.850. The highest BCUT2D eigenvalue weighted by atomic mass is 19.1. The summed E-state index contributed by atoms with van der Waals surface area (Å²) in [7, 11) is 1.45. The molecule has 0 unspecified atom stereocenters. The van der Waals surface area contributed by atoms with Gasteiger partial charge in [-0.25, -0.2) is 13.2 Å². The first-order valence-electron chi connectivity index (χ1n) is 34.8. The predicted molar refractivity (Wildman–Crippen MR) is 377 cm³/mol. The highest BCUT2D eigenvalue weighted by Crippen LogP contribution is 2.32. The maximum absolute atomic E-state index is 16.2. The van der Waals surface area contributed by atoms with Crippen molar-refractivity contribution in [1.29, 1.82) is 0 Å². The van der Waals surface area contributed by atoms with Gasteiger partial charge in [-0.1, -0.05) is 36.4 Å². The number of hydrogen-bond acceptors (Lipinski definition) is 15. The van der Waals surface area contributed by atoms with Gasteiger partial charge >= 0.3 is 0 Å². The number of unbranched alkanes of at least 4 members (excludes halogenated alkanes) is 1. The Hall–Kier alpha value is -10.9. The number of benzene rings is 4. The smallest absolute Gasteiger partial charge is 0.246 e. The molecule has 4 aliphatic rings. The van der Waals surface area contributed by atoms with Crippen molar-refractivity contribution in [1.82, 2.24) is 67.6 Å². The molecular formula is C73H90F3N15O14. The molecule has 6 heterocycles. The number of methoxy groups -OCH3 is 1. The van der Waals surface area contributed by atoms with Gasteiger partial charge in [0, 0.05) is 79.9 Å². The number of ether oxygens (including phenoxy) is 1. The number of hydrogen-bond donors (Lipinski definition) is 14. The SMILES string of the molecule is COc1ccc(C[C@@H]2NC(=O)[C@H]([C@@H](C)O)NC(=O)[C@@H]3C[C@H](F)CN3C(=O)[C@H](Cc3c[nH]c4ccc(F)cc34)NC(=O)[C@H](CCc3c[nH]c4ccc(F)cc34)NC(=O)[C@@H](C)NC(=O)[C@H](CCCCN)NC(=O)[C@@H](NC(C)=O)CC(=O)NCc3ccc(cc3)C[C@@H](C(N)=O)NC(=O)[C@]3(C)CCCN3C2=O)cc1. The normalized spacial score (nSPS) is 25.2. The zero-order valence-electron chi connectivity index (χ0n) is 58.8. The van der Waals surface area contributed by atoms with Crippen molar-refractivity contribution in [3.8, 4) is 5.75 Å². The van der Waals surface area contributed by atoms with Crippen molar-refractivity contribution < 1.29 is 80.5 Å². The van der Waals surface area contributed by atoms with Gasteiger partial charge in [0.2, 0.25) is 70.9 Å². The fraction of sp³-hybridized carbons (Fsp3) is 0.452. The van der Waals surface area contributed by atoms with E-state index in [1.807, 2.05) is 0 Å². The molecule has 2 saturated heterocycles. The van der Waals surface area contributed by atoms with Gasteiger partial charge in [-0.15, -0.1) is 0 Å². The summed E-state index contributed by atoms with van der Waals surface area (Å²) in [6.07, 6.45) is -2.09.